The van der Waals surface area contributed by atoms with Crippen molar-refractivity contribution in [1.29, 1.82) is 0 Å². The van der Waals surface area contributed by atoms with E-state index in [1.807, 2.05) is 49.1 Å². The van der Waals surface area contributed by atoms with Crippen molar-refractivity contribution in [3.05, 3.63) is 59.7 Å². The van der Waals surface area contributed by atoms with Gasteiger partial charge in [0.25, 0.3) is 5.91 Å². The molecule has 0 spiro atoms. The Balaban J connectivity index is 1.74. The van der Waals surface area contributed by atoms with Crippen LogP contribution in [0.25, 0.3) is 0 Å². The zero-order valence-electron chi connectivity index (χ0n) is 18.3. The number of carbonyl (C=O) groups excluding carboxylic acids is 2. The van der Waals surface area contributed by atoms with Crippen LogP contribution in [0.5, 0.6) is 5.75 Å². The van der Waals surface area contributed by atoms with Crippen molar-refractivity contribution >= 4 is 17.5 Å². The van der Waals surface area contributed by atoms with E-state index in [-0.39, 0.29) is 17.2 Å². The molecule has 0 radical (unpaired) electrons. The van der Waals surface area contributed by atoms with Gasteiger partial charge in [-0.1, -0.05) is 44.2 Å². The number of amides is 2. The summed E-state index contributed by atoms with van der Waals surface area (Å²) < 4.78 is 5.41. The molecule has 1 heterocycles. The van der Waals surface area contributed by atoms with E-state index in [9.17, 15) is 9.59 Å². The molecule has 0 bridgehead atoms. The molecule has 6 nitrogen and oxygen atoms in total. The molecule has 3 rings (SSSR count). The van der Waals surface area contributed by atoms with Crippen LogP contribution in [0.15, 0.2) is 48.5 Å². The van der Waals surface area contributed by atoms with Crippen LogP contribution in [0.3, 0.4) is 0 Å². The van der Waals surface area contributed by atoms with Gasteiger partial charge in [-0.3, -0.25) is 9.59 Å². The molecule has 2 aromatic carbocycles. The standard InChI is InChI=1S/C24H31N3O3/c1-24(2,19-8-6-5-7-9-19)17-22(28)25-20-16-18(10-11-21(20)30-4)23(29)27-14-12-26(3)13-15-27/h5-11,16H,12-15,17H2,1-4H3,(H,25,28). The number of nitrogens with one attached hydrogen (secondary N) is 1. The lowest BCUT2D eigenvalue weighted by molar-refractivity contribution is -0.117. The van der Waals surface area contributed by atoms with E-state index in [2.05, 4.69) is 17.3 Å². The van der Waals surface area contributed by atoms with Gasteiger partial charge < -0.3 is 19.9 Å². The molecular weight excluding hydrogens is 378 g/mol. The second-order valence-corrected chi connectivity index (χ2v) is 8.49. The molecule has 2 aromatic rings. The Morgan fingerprint density at radius 1 is 1.03 bits per heavy atom. The lowest BCUT2D eigenvalue weighted by atomic mass is 9.81. The van der Waals surface area contributed by atoms with Gasteiger partial charge in [-0.25, -0.2) is 0 Å². The van der Waals surface area contributed by atoms with Gasteiger partial charge in [0.05, 0.1) is 12.8 Å². The summed E-state index contributed by atoms with van der Waals surface area (Å²) in [4.78, 5) is 29.8. The maximum atomic E-state index is 12.9. The van der Waals surface area contributed by atoms with Crippen LogP contribution in [-0.2, 0) is 10.2 Å². The van der Waals surface area contributed by atoms with Crippen molar-refractivity contribution in [3.8, 4) is 5.75 Å². The summed E-state index contributed by atoms with van der Waals surface area (Å²) in [7, 11) is 3.61. The van der Waals surface area contributed by atoms with Gasteiger partial charge in [-0.05, 0) is 36.2 Å². The van der Waals surface area contributed by atoms with Crippen molar-refractivity contribution in [2.24, 2.45) is 0 Å². The molecule has 1 saturated heterocycles. The van der Waals surface area contributed by atoms with E-state index in [4.69, 9.17) is 4.74 Å². The van der Waals surface area contributed by atoms with Gasteiger partial charge >= 0.3 is 0 Å². The van der Waals surface area contributed by atoms with Gasteiger partial charge in [0.15, 0.2) is 0 Å². The number of piperazine rings is 1. The predicted octanol–water partition coefficient (Wildman–Crippen LogP) is 3.39. The summed E-state index contributed by atoms with van der Waals surface area (Å²) in [5.41, 5.74) is 1.86. The molecule has 0 unspecified atom stereocenters. The SMILES string of the molecule is COc1ccc(C(=O)N2CCN(C)CC2)cc1NC(=O)CC(C)(C)c1ccccc1. The first-order valence-corrected chi connectivity index (χ1v) is 10.3. The molecule has 30 heavy (non-hydrogen) atoms. The summed E-state index contributed by atoms with van der Waals surface area (Å²) in [5.74, 6) is 0.396. The number of benzene rings is 2. The molecule has 6 heteroatoms. The lowest BCUT2D eigenvalue weighted by Crippen LogP contribution is -2.47. The van der Waals surface area contributed by atoms with Crippen LogP contribution < -0.4 is 10.1 Å². The molecule has 0 aromatic heterocycles. The van der Waals surface area contributed by atoms with Crippen LogP contribution in [0.4, 0.5) is 5.69 Å². The number of nitrogens with zero attached hydrogens (tertiary/aromatic N) is 2. The van der Waals surface area contributed by atoms with E-state index in [1.165, 1.54) is 0 Å². The minimum atomic E-state index is -0.314. The van der Waals surface area contributed by atoms with Crippen LogP contribution in [0.1, 0.15) is 36.2 Å². The highest BCUT2D eigenvalue weighted by Crippen LogP contribution is 2.30. The van der Waals surface area contributed by atoms with Crippen molar-refractivity contribution in [3.63, 3.8) is 0 Å². The highest BCUT2D eigenvalue weighted by molar-refractivity contribution is 5.98. The highest BCUT2D eigenvalue weighted by Gasteiger charge is 2.25. The van der Waals surface area contributed by atoms with E-state index >= 15 is 0 Å². The summed E-state index contributed by atoms with van der Waals surface area (Å²) >= 11 is 0. The Kier molecular flexibility index (Phi) is 6.77. The van der Waals surface area contributed by atoms with Gasteiger partial charge in [-0.2, -0.15) is 0 Å². The Morgan fingerprint density at radius 3 is 2.33 bits per heavy atom. The van der Waals surface area contributed by atoms with Crippen LogP contribution in [-0.4, -0.2) is 62.0 Å². The Bertz CT molecular complexity index is 888. The Labute approximate surface area is 178 Å². The van der Waals surface area contributed by atoms with Crippen molar-refractivity contribution in [1.82, 2.24) is 9.80 Å². The third-order valence-corrected chi connectivity index (χ3v) is 5.67. The second kappa shape index (κ2) is 9.30. The first kappa shape index (κ1) is 21.8. The molecule has 1 N–H and O–H groups in total. The molecular formula is C24H31N3O3. The van der Waals surface area contributed by atoms with Gasteiger partial charge in [0.2, 0.25) is 5.91 Å². The fourth-order valence-electron chi connectivity index (χ4n) is 3.72. The van der Waals surface area contributed by atoms with Crippen molar-refractivity contribution < 1.29 is 14.3 Å². The molecule has 0 aliphatic carbocycles. The zero-order chi connectivity index (χ0) is 21.7. The van der Waals surface area contributed by atoms with Gasteiger partial charge in [-0.15, -0.1) is 0 Å². The monoisotopic (exact) mass is 409 g/mol. The van der Waals surface area contributed by atoms with Crippen molar-refractivity contribution in [2.75, 3.05) is 45.7 Å². The average Bonchev–Trinajstić information content (AvgIpc) is 2.74. The third-order valence-electron chi connectivity index (χ3n) is 5.67. The molecule has 1 fully saturated rings. The third kappa shape index (κ3) is 5.19. The quantitative estimate of drug-likeness (QED) is 0.795. The Hall–Kier alpha value is -2.86. The normalized spacial score (nSPS) is 15.0. The fraction of sp³-hybridized carbons (Fsp3) is 0.417. The number of carbonyl (C=O) groups is 2. The molecule has 1 aliphatic heterocycles. The number of methoxy groups -OCH3 is 1. The number of rotatable bonds is 6. The number of ether oxygens (including phenoxy) is 1. The fourth-order valence-corrected chi connectivity index (χ4v) is 3.72. The number of hydrogen-bond acceptors (Lipinski definition) is 4. The summed E-state index contributed by atoms with van der Waals surface area (Å²) in [6.07, 6.45) is 0.316. The van der Waals surface area contributed by atoms with E-state index in [0.29, 0.717) is 36.5 Å². The lowest BCUT2D eigenvalue weighted by Gasteiger charge is -2.32. The second-order valence-electron chi connectivity index (χ2n) is 8.49. The number of hydrogen-bond donors (Lipinski definition) is 1. The minimum absolute atomic E-state index is 0.0223. The average molecular weight is 410 g/mol. The zero-order valence-corrected chi connectivity index (χ0v) is 18.3. The number of anilines is 1. The highest BCUT2D eigenvalue weighted by atomic mass is 16.5. The van der Waals surface area contributed by atoms with E-state index < -0.39 is 0 Å². The first-order chi connectivity index (χ1) is 14.3. The van der Waals surface area contributed by atoms with Crippen LogP contribution in [0.2, 0.25) is 0 Å². The van der Waals surface area contributed by atoms with Crippen LogP contribution >= 0.6 is 0 Å². The number of likely N-dealkylation sites (N-methyl/N-ethyl adjacent to an activating group) is 1. The largest absolute Gasteiger partial charge is 0.495 e. The van der Waals surface area contributed by atoms with Gasteiger partial charge in [0, 0.05) is 38.2 Å². The van der Waals surface area contributed by atoms with Gasteiger partial charge in [0.1, 0.15) is 5.75 Å². The Morgan fingerprint density at radius 2 is 1.70 bits per heavy atom. The summed E-state index contributed by atoms with van der Waals surface area (Å²) in [5, 5.41) is 2.95. The molecule has 1 aliphatic rings. The van der Waals surface area contributed by atoms with E-state index in [1.54, 1.807) is 25.3 Å². The molecule has 0 atom stereocenters. The van der Waals surface area contributed by atoms with Crippen LogP contribution in [0, 0.1) is 0 Å². The van der Waals surface area contributed by atoms with Crippen molar-refractivity contribution in [2.45, 2.75) is 25.7 Å². The summed E-state index contributed by atoms with van der Waals surface area (Å²) in [6.45, 7) is 7.22. The molecule has 160 valence electrons. The predicted molar refractivity (Wildman–Crippen MR) is 119 cm³/mol. The maximum Gasteiger partial charge on any atom is 0.254 e. The topological polar surface area (TPSA) is 61.9 Å². The smallest absolute Gasteiger partial charge is 0.254 e. The molecule has 2 amide bonds. The van der Waals surface area contributed by atoms with E-state index in [0.717, 1.165) is 18.7 Å². The first-order valence-electron chi connectivity index (χ1n) is 10.3. The maximum absolute atomic E-state index is 12.9. The molecule has 0 saturated carbocycles. The summed E-state index contributed by atoms with van der Waals surface area (Å²) in [6, 6.07) is 15.2. The minimum Gasteiger partial charge on any atom is -0.495 e.